The van der Waals surface area contributed by atoms with Gasteiger partial charge in [-0.05, 0) is 68.1 Å². The number of hydrogen-bond acceptors (Lipinski definition) is 4. The zero-order chi connectivity index (χ0) is 21.8. The van der Waals surface area contributed by atoms with Crippen molar-refractivity contribution < 1.29 is 5.11 Å². The molecule has 0 atom stereocenters. The second-order valence-electron chi connectivity index (χ2n) is 8.68. The van der Waals surface area contributed by atoms with Crippen molar-refractivity contribution in [3.05, 3.63) is 64.6 Å². The average molecular weight is 425 g/mol. The number of fused-ring (bicyclic) bond motifs is 5. The van der Waals surface area contributed by atoms with Crippen molar-refractivity contribution in [3.8, 4) is 17.0 Å². The fourth-order valence-corrected chi connectivity index (χ4v) is 5.03. The van der Waals surface area contributed by atoms with E-state index in [9.17, 15) is 9.90 Å². The average Bonchev–Trinajstić information content (AvgIpc) is 3.19. The van der Waals surface area contributed by atoms with Crippen molar-refractivity contribution >= 4 is 38.4 Å². The summed E-state index contributed by atoms with van der Waals surface area (Å²) in [6, 6.07) is 13.2. The van der Waals surface area contributed by atoms with Crippen LogP contribution in [0.4, 0.5) is 5.69 Å². The van der Waals surface area contributed by atoms with Gasteiger partial charge < -0.3 is 20.0 Å². The number of aromatic hydroxyl groups is 1. The smallest absolute Gasteiger partial charge is 0.258 e. The highest BCUT2D eigenvalue weighted by Gasteiger charge is 2.19. The lowest BCUT2D eigenvalue weighted by Gasteiger charge is -2.29. The third-order valence-corrected chi connectivity index (χ3v) is 6.63. The third kappa shape index (κ3) is 2.87. The van der Waals surface area contributed by atoms with E-state index < -0.39 is 0 Å². The first-order chi connectivity index (χ1) is 15.6. The first kappa shape index (κ1) is 18.9. The monoisotopic (exact) mass is 424 g/mol. The van der Waals surface area contributed by atoms with Gasteiger partial charge in [-0.3, -0.25) is 4.79 Å². The van der Waals surface area contributed by atoms with Gasteiger partial charge in [0.05, 0.1) is 16.6 Å². The highest BCUT2D eigenvalue weighted by Crippen LogP contribution is 2.37. The summed E-state index contributed by atoms with van der Waals surface area (Å²) in [6.45, 7) is 4.15. The van der Waals surface area contributed by atoms with Crippen molar-refractivity contribution in [1.29, 1.82) is 0 Å². The molecule has 0 radical (unpaired) electrons. The molecular formula is C26H24N4O2. The van der Waals surface area contributed by atoms with E-state index in [1.807, 2.05) is 13.1 Å². The molecular weight excluding hydrogens is 400 g/mol. The number of aryl methyl sites for hydroxylation is 1. The third-order valence-electron chi connectivity index (χ3n) is 6.63. The van der Waals surface area contributed by atoms with Crippen molar-refractivity contribution in [1.82, 2.24) is 15.0 Å². The Bertz CT molecular complexity index is 1540. The number of rotatable bonds is 2. The minimum Gasteiger partial charge on any atom is -0.508 e. The van der Waals surface area contributed by atoms with Gasteiger partial charge in [0, 0.05) is 46.7 Å². The van der Waals surface area contributed by atoms with Crippen LogP contribution in [0, 0.1) is 6.92 Å². The number of aromatic amines is 2. The molecule has 2 aromatic carbocycles. The zero-order valence-corrected chi connectivity index (χ0v) is 17.9. The molecule has 0 aliphatic carbocycles. The Morgan fingerprint density at radius 2 is 1.75 bits per heavy atom. The van der Waals surface area contributed by atoms with Crippen LogP contribution < -0.4 is 10.5 Å². The van der Waals surface area contributed by atoms with E-state index in [-0.39, 0.29) is 11.3 Å². The van der Waals surface area contributed by atoms with Gasteiger partial charge in [0.1, 0.15) is 11.4 Å². The van der Waals surface area contributed by atoms with Gasteiger partial charge >= 0.3 is 0 Å². The number of hydrogen-bond donors (Lipinski definition) is 3. The maximum atomic E-state index is 13.4. The van der Waals surface area contributed by atoms with E-state index in [1.165, 1.54) is 19.3 Å². The molecule has 0 amide bonds. The number of phenolic OH excluding ortho intramolecular Hbond substituents is 1. The van der Waals surface area contributed by atoms with Crippen molar-refractivity contribution in [3.63, 3.8) is 0 Å². The lowest BCUT2D eigenvalue weighted by atomic mass is 9.98. The molecule has 6 nitrogen and oxygen atoms in total. The zero-order valence-electron chi connectivity index (χ0n) is 17.9. The van der Waals surface area contributed by atoms with Gasteiger partial charge in [0.25, 0.3) is 5.56 Å². The maximum Gasteiger partial charge on any atom is 0.258 e. The van der Waals surface area contributed by atoms with Crippen LogP contribution in [-0.4, -0.2) is 33.1 Å². The molecule has 3 aromatic heterocycles. The van der Waals surface area contributed by atoms with Crippen LogP contribution in [0.25, 0.3) is 44.0 Å². The number of H-pyrrole nitrogens is 2. The van der Waals surface area contributed by atoms with E-state index in [0.29, 0.717) is 11.1 Å². The topological polar surface area (TPSA) is 85.0 Å². The molecule has 6 heteroatoms. The predicted molar refractivity (Wildman–Crippen MR) is 130 cm³/mol. The number of nitrogens with zero attached hydrogens (tertiary/aromatic N) is 2. The van der Waals surface area contributed by atoms with E-state index in [4.69, 9.17) is 4.98 Å². The molecule has 1 aliphatic heterocycles. The molecule has 4 heterocycles. The van der Waals surface area contributed by atoms with Crippen molar-refractivity contribution in [2.24, 2.45) is 0 Å². The van der Waals surface area contributed by atoms with Crippen LogP contribution in [-0.2, 0) is 0 Å². The number of pyridine rings is 2. The lowest BCUT2D eigenvalue weighted by Crippen LogP contribution is -2.29. The van der Waals surface area contributed by atoms with Gasteiger partial charge in [-0.15, -0.1) is 0 Å². The summed E-state index contributed by atoms with van der Waals surface area (Å²) >= 11 is 0. The molecule has 32 heavy (non-hydrogen) atoms. The summed E-state index contributed by atoms with van der Waals surface area (Å²) in [7, 11) is 0. The molecule has 0 saturated carbocycles. The Hall–Kier alpha value is -3.80. The Balaban J connectivity index is 1.70. The predicted octanol–water partition coefficient (Wildman–Crippen LogP) is 5.23. The first-order valence-electron chi connectivity index (χ1n) is 11.1. The number of phenols is 1. The normalized spacial score (nSPS) is 14.6. The fraction of sp³-hybridized carbons (Fsp3) is 0.231. The Labute approximate surface area is 184 Å². The standard InChI is InChI=1S/C26H24N4O2/c1-15-14-27-25-21(15)22-19-10-7-17(30-11-3-2-4-12-30)13-20(19)28-26(32)23(22)24(29-25)16-5-8-18(31)9-6-16/h5-10,13-14,31H,2-4,11-12H2,1H3,(H,27,29)(H,28,32). The SMILES string of the molecule is Cc1c[nH]c2nc(-c3ccc(O)cc3)c3c(=O)[nH]c4cc(N5CCCCC5)ccc4c3c12. The number of piperidine rings is 1. The number of nitrogens with one attached hydrogen (secondary N) is 2. The van der Waals surface area contributed by atoms with Crippen LogP contribution in [0.15, 0.2) is 53.5 Å². The molecule has 1 aliphatic rings. The van der Waals surface area contributed by atoms with Crippen LogP contribution in [0.5, 0.6) is 5.75 Å². The van der Waals surface area contributed by atoms with Gasteiger partial charge in [-0.1, -0.05) is 6.07 Å². The lowest BCUT2D eigenvalue weighted by molar-refractivity contribution is 0.475. The van der Waals surface area contributed by atoms with E-state index >= 15 is 0 Å². The molecule has 5 aromatic rings. The molecule has 0 spiro atoms. The molecule has 160 valence electrons. The highest BCUT2D eigenvalue weighted by molar-refractivity contribution is 6.22. The van der Waals surface area contributed by atoms with E-state index in [2.05, 4.69) is 33.1 Å². The fourth-order valence-electron chi connectivity index (χ4n) is 5.03. The Morgan fingerprint density at radius 3 is 2.53 bits per heavy atom. The van der Waals surface area contributed by atoms with Crippen molar-refractivity contribution in [2.45, 2.75) is 26.2 Å². The summed E-state index contributed by atoms with van der Waals surface area (Å²) in [5, 5.41) is 13.2. The van der Waals surface area contributed by atoms with E-state index in [1.54, 1.807) is 24.3 Å². The van der Waals surface area contributed by atoms with E-state index in [0.717, 1.165) is 57.2 Å². The molecule has 0 bridgehead atoms. The second kappa shape index (κ2) is 7.12. The molecule has 1 fully saturated rings. The maximum absolute atomic E-state index is 13.4. The Kier molecular flexibility index (Phi) is 4.21. The van der Waals surface area contributed by atoms with Gasteiger partial charge in [-0.2, -0.15) is 0 Å². The van der Waals surface area contributed by atoms with Gasteiger partial charge in [0.15, 0.2) is 0 Å². The van der Waals surface area contributed by atoms with Crippen LogP contribution in [0.2, 0.25) is 0 Å². The summed E-state index contributed by atoms with van der Waals surface area (Å²) in [5.41, 5.74) is 5.06. The highest BCUT2D eigenvalue weighted by atomic mass is 16.3. The first-order valence-corrected chi connectivity index (χ1v) is 11.1. The minimum absolute atomic E-state index is 0.152. The molecule has 3 N–H and O–H groups in total. The minimum atomic E-state index is -0.152. The summed E-state index contributed by atoms with van der Waals surface area (Å²) in [4.78, 5) is 27.1. The van der Waals surface area contributed by atoms with Crippen LogP contribution in [0.3, 0.4) is 0 Å². The van der Waals surface area contributed by atoms with Gasteiger partial charge in [0.2, 0.25) is 0 Å². The molecule has 0 unspecified atom stereocenters. The summed E-state index contributed by atoms with van der Waals surface area (Å²) < 4.78 is 0. The quantitative estimate of drug-likeness (QED) is 0.339. The largest absolute Gasteiger partial charge is 0.508 e. The van der Waals surface area contributed by atoms with Crippen LogP contribution in [0.1, 0.15) is 24.8 Å². The number of benzene rings is 2. The van der Waals surface area contributed by atoms with Crippen LogP contribution >= 0.6 is 0 Å². The van der Waals surface area contributed by atoms with Gasteiger partial charge in [-0.25, -0.2) is 4.98 Å². The van der Waals surface area contributed by atoms with Crippen molar-refractivity contribution in [2.75, 3.05) is 18.0 Å². The Morgan fingerprint density at radius 1 is 0.969 bits per heavy atom. The second-order valence-corrected chi connectivity index (χ2v) is 8.68. The summed E-state index contributed by atoms with van der Waals surface area (Å²) in [5.74, 6) is 0.180. The molecule has 1 saturated heterocycles. The summed E-state index contributed by atoms with van der Waals surface area (Å²) in [6.07, 6.45) is 5.63. The molecule has 6 rings (SSSR count). The number of aromatic nitrogens is 3. The number of anilines is 1.